The van der Waals surface area contributed by atoms with Crippen molar-refractivity contribution in [3.8, 4) is 0 Å². The molecule has 1 N–H and O–H groups in total. The average molecular weight is 232 g/mol. The van der Waals surface area contributed by atoms with E-state index >= 15 is 0 Å². The van der Waals surface area contributed by atoms with E-state index in [-0.39, 0.29) is 0 Å². The molecule has 90 valence electrons. The van der Waals surface area contributed by atoms with Crippen LogP contribution in [0.5, 0.6) is 0 Å². The predicted octanol–water partition coefficient (Wildman–Crippen LogP) is 1.35. The van der Waals surface area contributed by atoms with Crippen LogP contribution in [-0.4, -0.2) is 32.7 Å². The number of imidazole rings is 2. The number of hydrogen-bond acceptors (Lipinski definition) is 3. The molecule has 0 spiro atoms. The topological polar surface area (TPSA) is 55.7 Å². The third-order valence-corrected chi connectivity index (χ3v) is 3.22. The number of hydrogen-bond donors (Lipinski definition) is 1. The molecule has 0 aliphatic carbocycles. The van der Waals surface area contributed by atoms with Crippen molar-refractivity contribution >= 4 is 0 Å². The minimum Gasteiger partial charge on any atom is -0.381 e. The Balaban J connectivity index is 1.68. The van der Waals surface area contributed by atoms with Crippen LogP contribution in [0.4, 0.5) is 0 Å². The molecule has 0 aromatic carbocycles. The van der Waals surface area contributed by atoms with E-state index in [0.29, 0.717) is 5.92 Å². The zero-order chi connectivity index (χ0) is 11.5. The highest BCUT2D eigenvalue weighted by Gasteiger charge is 2.21. The molecule has 0 amide bonds. The first-order chi connectivity index (χ1) is 8.43. The zero-order valence-electron chi connectivity index (χ0n) is 9.67. The molecular formula is C12H16N4O. The van der Waals surface area contributed by atoms with Gasteiger partial charge < -0.3 is 14.3 Å². The molecular weight excluding hydrogens is 216 g/mol. The maximum Gasteiger partial charge on any atom is 0.114 e. The summed E-state index contributed by atoms with van der Waals surface area (Å²) in [4.78, 5) is 11.6. The average Bonchev–Trinajstić information content (AvgIpc) is 3.09. The van der Waals surface area contributed by atoms with E-state index in [1.165, 1.54) is 0 Å². The molecule has 3 heterocycles. The number of aryl methyl sites for hydroxylation is 2. The van der Waals surface area contributed by atoms with Crippen molar-refractivity contribution in [2.75, 3.05) is 13.2 Å². The third-order valence-electron chi connectivity index (χ3n) is 3.22. The molecule has 1 saturated heterocycles. The van der Waals surface area contributed by atoms with E-state index < -0.39 is 0 Å². The summed E-state index contributed by atoms with van der Waals surface area (Å²) < 4.78 is 7.64. The van der Waals surface area contributed by atoms with Crippen molar-refractivity contribution in [1.29, 1.82) is 0 Å². The lowest BCUT2D eigenvalue weighted by Crippen LogP contribution is -2.10. The Morgan fingerprint density at radius 1 is 1.53 bits per heavy atom. The predicted molar refractivity (Wildman–Crippen MR) is 62.7 cm³/mol. The van der Waals surface area contributed by atoms with Gasteiger partial charge in [0, 0.05) is 49.8 Å². The summed E-state index contributed by atoms with van der Waals surface area (Å²) in [5, 5.41) is 0. The second-order valence-corrected chi connectivity index (χ2v) is 4.37. The van der Waals surface area contributed by atoms with Crippen LogP contribution in [0.2, 0.25) is 0 Å². The second-order valence-electron chi connectivity index (χ2n) is 4.37. The maximum absolute atomic E-state index is 5.42. The first-order valence-electron chi connectivity index (χ1n) is 5.99. The van der Waals surface area contributed by atoms with Crippen LogP contribution < -0.4 is 0 Å². The first kappa shape index (κ1) is 10.5. The van der Waals surface area contributed by atoms with Crippen LogP contribution in [0.3, 0.4) is 0 Å². The van der Waals surface area contributed by atoms with Crippen LogP contribution in [0.1, 0.15) is 23.9 Å². The van der Waals surface area contributed by atoms with Gasteiger partial charge in [0.15, 0.2) is 0 Å². The van der Waals surface area contributed by atoms with E-state index in [0.717, 1.165) is 44.1 Å². The molecule has 1 aliphatic rings. The minimum absolute atomic E-state index is 0.465. The Hall–Kier alpha value is -1.62. The van der Waals surface area contributed by atoms with Gasteiger partial charge >= 0.3 is 0 Å². The zero-order valence-corrected chi connectivity index (χ0v) is 9.67. The molecule has 17 heavy (non-hydrogen) atoms. The lowest BCUT2D eigenvalue weighted by molar-refractivity contribution is 0.192. The van der Waals surface area contributed by atoms with Gasteiger partial charge in [0.2, 0.25) is 0 Å². The van der Waals surface area contributed by atoms with Gasteiger partial charge in [-0.2, -0.15) is 0 Å². The van der Waals surface area contributed by atoms with Crippen molar-refractivity contribution in [3.05, 3.63) is 36.4 Å². The van der Waals surface area contributed by atoms with E-state index in [1.807, 2.05) is 18.6 Å². The fourth-order valence-corrected chi connectivity index (χ4v) is 2.27. The Bertz CT molecular complexity index is 457. The SMILES string of the molecule is c1cn(CCc2cnc[nH]2)c(C2CCOC2)n1. The number of ether oxygens (including phenoxy) is 1. The number of nitrogens with zero attached hydrogens (tertiary/aromatic N) is 3. The summed E-state index contributed by atoms with van der Waals surface area (Å²) >= 11 is 0. The highest BCUT2D eigenvalue weighted by atomic mass is 16.5. The lowest BCUT2D eigenvalue weighted by Gasteiger charge is -2.11. The monoisotopic (exact) mass is 232 g/mol. The van der Waals surface area contributed by atoms with Gasteiger partial charge in [-0.25, -0.2) is 9.97 Å². The normalized spacial score (nSPS) is 19.9. The molecule has 5 nitrogen and oxygen atoms in total. The van der Waals surface area contributed by atoms with Gasteiger partial charge in [0.05, 0.1) is 12.9 Å². The molecule has 2 aromatic rings. The van der Waals surface area contributed by atoms with Gasteiger partial charge in [-0.3, -0.25) is 0 Å². The molecule has 1 unspecified atom stereocenters. The summed E-state index contributed by atoms with van der Waals surface area (Å²) in [6.07, 6.45) is 9.55. The number of H-pyrrole nitrogens is 1. The van der Waals surface area contributed by atoms with Crippen LogP contribution in [0.25, 0.3) is 0 Å². The number of aromatic amines is 1. The molecule has 0 bridgehead atoms. The summed E-state index contributed by atoms with van der Waals surface area (Å²) in [5.74, 6) is 1.62. The molecule has 0 radical (unpaired) electrons. The molecule has 1 atom stereocenters. The maximum atomic E-state index is 5.42. The van der Waals surface area contributed by atoms with E-state index in [4.69, 9.17) is 4.74 Å². The molecule has 5 heteroatoms. The van der Waals surface area contributed by atoms with Crippen molar-refractivity contribution in [2.45, 2.75) is 25.3 Å². The van der Waals surface area contributed by atoms with Crippen LogP contribution in [0, 0.1) is 0 Å². The van der Waals surface area contributed by atoms with Crippen molar-refractivity contribution in [3.63, 3.8) is 0 Å². The lowest BCUT2D eigenvalue weighted by atomic mass is 10.1. The highest BCUT2D eigenvalue weighted by Crippen LogP contribution is 2.23. The Morgan fingerprint density at radius 2 is 2.53 bits per heavy atom. The van der Waals surface area contributed by atoms with Crippen LogP contribution in [0.15, 0.2) is 24.9 Å². The Kier molecular flexibility index (Phi) is 2.92. The Morgan fingerprint density at radius 3 is 3.29 bits per heavy atom. The summed E-state index contributed by atoms with van der Waals surface area (Å²) in [6, 6.07) is 0. The first-order valence-corrected chi connectivity index (χ1v) is 5.99. The summed E-state index contributed by atoms with van der Waals surface area (Å²) in [5.41, 5.74) is 1.16. The van der Waals surface area contributed by atoms with Gasteiger partial charge in [-0.1, -0.05) is 0 Å². The van der Waals surface area contributed by atoms with Gasteiger partial charge in [0.1, 0.15) is 5.82 Å². The van der Waals surface area contributed by atoms with Gasteiger partial charge in [-0.05, 0) is 6.42 Å². The highest BCUT2D eigenvalue weighted by molar-refractivity contribution is 5.03. The number of nitrogens with one attached hydrogen (secondary N) is 1. The molecule has 2 aromatic heterocycles. The summed E-state index contributed by atoms with van der Waals surface area (Å²) in [7, 11) is 0. The largest absolute Gasteiger partial charge is 0.381 e. The van der Waals surface area contributed by atoms with Crippen LogP contribution >= 0.6 is 0 Å². The van der Waals surface area contributed by atoms with E-state index in [2.05, 4.69) is 19.5 Å². The van der Waals surface area contributed by atoms with Crippen LogP contribution in [-0.2, 0) is 17.7 Å². The van der Waals surface area contributed by atoms with Gasteiger partial charge in [0.25, 0.3) is 0 Å². The second kappa shape index (κ2) is 4.71. The fraction of sp³-hybridized carbons (Fsp3) is 0.500. The smallest absolute Gasteiger partial charge is 0.114 e. The molecule has 0 saturated carbocycles. The van der Waals surface area contributed by atoms with E-state index in [1.54, 1.807) is 6.33 Å². The quantitative estimate of drug-likeness (QED) is 0.865. The number of aromatic nitrogens is 4. The minimum atomic E-state index is 0.465. The molecule has 3 rings (SSSR count). The van der Waals surface area contributed by atoms with E-state index in [9.17, 15) is 0 Å². The van der Waals surface area contributed by atoms with Crippen molar-refractivity contribution in [2.24, 2.45) is 0 Å². The summed E-state index contributed by atoms with van der Waals surface area (Å²) in [6.45, 7) is 2.60. The van der Waals surface area contributed by atoms with Crippen molar-refractivity contribution < 1.29 is 4.74 Å². The standard InChI is InChI=1S/C12H16N4O/c1(11-7-13-9-15-11)4-16-5-3-14-12(16)10-2-6-17-8-10/h3,5,7,9-10H,1-2,4,6,8H2,(H,13,15). The number of rotatable bonds is 4. The molecule has 1 fully saturated rings. The fourth-order valence-electron chi connectivity index (χ4n) is 2.27. The van der Waals surface area contributed by atoms with Gasteiger partial charge in [-0.15, -0.1) is 0 Å². The van der Waals surface area contributed by atoms with Crippen molar-refractivity contribution in [1.82, 2.24) is 19.5 Å². The third kappa shape index (κ3) is 2.24. The Labute approximate surface area is 99.9 Å². The molecule has 1 aliphatic heterocycles.